The molecule has 1 aromatic rings. The number of rotatable bonds is 4. The minimum atomic E-state index is 0.636. The van der Waals surface area contributed by atoms with Gasteiger partial charge in [0.05, 0.1) is 6.54 Å². The maximum atomic E-state index is 5.11. The van der Waals surface area contributed by atoms with Gasteiger partial charge < -0.3 is 9.88 Å². The summed E-state index contributed by atoms with van der Waals surface area (Å²) >= 11 is 0. The monoisotopic (exact) mass is 162 g/mol. The Morgan fingerprint density at radius 3 is 3.08 bits per heavy atom. The van der Waals surface area contributed by atoms with Crippen LogP contribution in [0, 0.1) is 12.3 Å². The van der Waals surface area contributed by atoms with Gasteiger partial charge in [-0.2, -0.15) is 0 Å². The molecular weight excluding hydrogens is 148 g/mol. The lowest BCUT2D eigenvalue weighted by Crippen LogP contribution is -2.12. The molecule has 12 heavy (non-hydrogen) atoms. The summed E-state index contributed by atoms with van der Waals surface area (Å²) in [5, 5.41) is 3.14. The van der Waals surface area contributed by atoms with E-state index in [0.717, 1.165) is 13.1 Å². The van der Waals surface area contributed by atoms with Crippen molar-refractivity contribution in [2.24, 2.45) is 0 Å². The summed E-state index contributed by atoms with van der Waals surface area (Å²) in [4.78, 5) is 0. The largest absolute Gasteiger partial charge is 0.354 e. The van der Waals surface area contributed by atoms with Crippen molar-refractivity contribution in [2.75, 3.05) is 6.54 Å². The molecule has 0 aliphatic carbocycles. The first kappa shape index (κ1) is 8.89. The van der Waals surface area contributed by atoms with Gasteiger partial charge in [0, 0.05) is 25.5 Å². The van der Waals surface area contributed by atoms with Gasteiger partial charge in [-0.1, -0.05) is 5.92 Å². The summed E-state index contributed by atoms with van der Waals surface area (Å²) in [7, 11) is 0. The van der Waals surface area contributed by atoms with E-state index >= 15 is 0 Å². The minimum Gasteiger partial charge on any atom is -0.354 e. The maximum Gasteiger partial charge on any atom is 0.0576 e. The lowest BCUT2D eigenvalue weighted by Gasteiger charge is -1.97. The Morgan fingerprint density at radius 2 is 2.50 bits per heavy atom. The van der Waals surface area contributed by atoms with Crippen LogP contribution in [0.25, 0.3) is 0 Å². The van der Waals surface area contributed by atoms with Crippen LogP contribution in [0.5, 0.6) is 0 Å². The van der Waals surface area contributed by atoms with Crippen LogP contribution in [0.2, 0.25) is 0 Å². The molecule has 0 atom stereocenters. The van der Waals surface area contributed by atoms with Crippen LogP contribution in [0.3, 0.4) is 0 Å². The summed E-state index contributed by atoms with van der Waals surface area (Å²) < 4.78 is 2.15. The Bertz CT molecular complexity index is 268. The number of hydrogen-bond acceptors (Lipinski definition) is 1. The smallest absolute Gasteiger partial charge is 0.0576 e. The van der Waals surface area contributed by atoms with Crippen molar-refractivity contribution in [1.82, 2.24) is 9.88 Å². The molecule has 0 amide bonds. The fourth-order valence-electron chi connectivity index (χ4n) is 1.07. The molecule has 0 radical (unpaired) electrons. The Balaban J connectivity index is 2.37. The molecule has 0 aliphatic heterocycles. The lowest BCUT2D eigenvalue weighted by molar-refractivity contribution is 0.744. The Kier molecular flexibility index (Phi) is 3.43. The molecule has 0 fully saturated rings. The summed E-state index contributed by atoms with van der Waals surface area (Å²) in [5.74, 6) is 2.54. The third-order valence-electron chi connectivity index (χ3n) is 1.73. The Morgan fingerprint density at radius 1 is 1.67 bits per heavy atom. The lowest BCUT2D eigenvalue weighted by atomic mass is 10.3. The van der Waals surface area contributed by atoms with Gasteiger partial charge in [-0.05, 0) is 18.6 Å². The summed E-state index contributed by atoms with van der Waals surface area (Å²) in [6, 6.07) is 2.10. The predicted molar refractivity (Wildman–Crippen MR) is 50.6 cm³/mol. The van der Waals surface area contributed by atoms with E-state index in [0.29, 0.717) is 6.54 Å². The molecule has 0 aliphatic rings. The molecule has 2 nitrogen and oxygen atoms in total. The number of terminal acetylenes is 1. The first-order valence-electron chi connectivity index (χ1n) is 4.15. The summed E-state index contributed by atoms with van der Waals surface area (Å²) in [6.07, 6.45) is 9.31. The first-order chi connectivity index (χ1) is 5.86. The van der Waals surface area contributed by atoms with E-state index in [-0.39, 0.29) is 0 Å². The second kappa shape index (κ2) is 4.63. The summed E-state index contributed by atoms with van der Waals surface area (Å²) in [5.41, 5.74) is 1.28. The average molecular weight is 162 g/mol. The zero-order chi connectivity index (χ0) is 8.81. The molecular formula is C10H14N2. The van der Waals surface area contributed by atoms with E-state index in [2.05, 4.69) is 41.2 Å². The van der Waals surface area contributed by atoms with E-state index < -0.39 is 0 Å². The molecule has 64 valence electrons. The zero-order valence-corrected chi connectivity index (χ0v) is 7.38. The van der Waals surface area contributed by atoms with Crippen LogP contribution in [-0.4, -0.2) is 11.1 Å². The average Bonchev–Trinajstić information content (AvgIpc) is 2.53. The van der Waals surface area contributed by atoms with Crippen LogP contribution in [0.4, 0.5) is 0 Å². The van der Waals surface area contributed by atoms with Crippen LogP contribution in [0.1, 0.15) is 12.5 Å². The van der Waals surface area contributed by atoms with Crippen LogP contribution in [-0.2, 0) is 13.1 Å². The highest BCUT2D eigenvalue weighted by Gasteiger charge is 1.93. The van der Waals surface area contributed by atoms with Crippen molar-refractivity contribution in [1.29, 1.82) is 0 Å². The van der Waals surface area contributed by atoms with E-state index in [9.17, 15) is 0 Å². The fourth-order valence-corrected chi connectivity index (χ4v) is 1.07. The minimum absolute atomic E-state index is 0.636. The third-order valence-corrected chi connectivity index (χ3v) is 1.73. The molecule has 0 unspecified atom stereocenters. The van der Waals surface area contributed by atoms with Crippen molar-refractivity contribution in [3.63, 3.8) is 0 Å². The van der Waals surface area contributed by atoms with Gasteiger partial charge in [-0.25, -0.2) is 0 Å². The molecule has 0 saturated heterocycles. The summed E-state index contributed by atoms with van der Waals surface area (Å²) in [6.45, 7) is 4.64. The van der Waals surface area contributed by atoms with Crippen molar-refractivity contribution in [2.45, 2.75) is 20.0 Å². The molecule has 1 rings (SSSR count). The Labute approximate surface area is 73.6 Å². The molecule has 0 bridgehead atoms. The van der Waals surface area contributed by atoms with Gasteiger partial charge in [-0.3, -0.25) is 0 Å². The van der Waals surface area contributed by atoms with Crippen molar-refractivity contribution in [3.8, 4) is 12.3 Å². The molecule has 1 heterocycles. The second-order valence-corrected chi connectivity index (χ2v) is 2.66. The molecule has 1 N–H and O–H groups in total. The highest BCUT2D eigenvalue weighted by molar-refractivity contribution is 5.10. The number of aromatic nitrogens is 1. The van der Waals surface area contributed by atoms with Crippen molar-refractivity contribution >= 4 is 0 Å². The van der Waals surface area contributed by atoms with Crippen LogP contribution < -0.4 is 5.32 Å². The normalized spacial score (nSPS) is 9.67. The topological polar surface area (TPSA) is 17.0 Å². The molecule has 1 aromatic heterocycles. The van der Waals surface area contributed by atoms with Crippen LogP contribution >= 0.6 is 0 Å². The second-order valence-electron chi connectivity index (χ2n) is 2.66. The van der Waals surface area contributed by atoms with Crippen molar-refractivity contribution in [3.05, 3.63) is 24.0 Å². The fraction of sp³-hybridized carbons (Fsp3) is 0.400. The van der Waals surface area contributed by atoms with E-state index in [1.807, 2.05) is 0 Å². The maximum absolute atomic E-state index is 5.11. The standard InChI is InChI=1S/C10H14N2/c1-3-6-11-8-10-5-7-12(4-2)9-10/h1,5,7,9,11H,4,6,8H2,2H3. The highest BCUT2D eigenvalue weighted by Crippen LogP contribution is 1.99. The predicted octanol–water partition coefficient (Wildman–Crippen LogP) is 1.23. The van der Waals surface area contributed by atoms with Gasteiger partial charge in [-0.15, -0.1) is 6.42 Å². The molecule has 0 aromatic carbocycles. The quantitative estimate of drug-likeness (QED) is 0.520. The molecule has 0 saturated carbocycles. The van der Waals surface area contributed by atoms with Gasteiger partial charge in [0.1, 0.15) is 0 Å². The van der Waals surface area contributed by atoms with Gasteiger partial charge >= 0.3 is 0 Å². The zero-order valence-electron chi connectivity index (χ0n) is 7.38. The molecule has 2 heteroatoms. The van der Waals surface area contributed by atoms with Crippen molar-refractivity contribution < 1.29 is 0 Å². The van der Waals surface area contributed by atoms with Gasteiger partial charge in [0.15, 0.2) is 0 Å². The van der Waals surface area contributed by atoms with Gasteiger partial charge in [0.2, 0.25) is 0 Å². The van der Waals surface area contributed by atoms with E-state index in [1.165, 1.54) is 5.56 Å². The number of nitrogens with zero attached hydrogens (tertiary/aromatic N) is 1. The first-order valence-corrected chi connectivity index (χ1v) is 4.15. The molecule has 0 spiro atoms. The van der Waals surface area contributed by atoms with Crippen LogP contribution in [0.15, 0.2) is 18.5 Å². The number of nitrogens with one attached hydrogen (secondary N) is 1. The van der Waals surface area contributed by atoms with E-state index in [4.69, 9.17) is 6.42 Å². The Hall–Kier alpha value is -1.20. The SMILES string of the molecule is C#CCNCc1ccn(CC)c1. The number of hydrogen-bond donors (Lipinski definition) is 1. The highest BCUT2D eigenvalue weighted by atomic mass is 14.9. The van der Waals surface area contributed by atoms with E-state index in [1.54, 1.807) is 0 Å². The third kappa shape index (κ3) is 2.44. The van der Waals surface area contributed by atoms with Gasteiger partial charge in [0.25, 0.3) is 0 Å². The number of aryl methyl sites for hydroxylation is 1.